The molecule has 1 aromatic carbocycles. The van der Waals surface area contributed by atoms with Crippen LogP contribution in [0, 0.1) is 5.92 Å². The third kappa shape index (κ3) is 2.54. The second-order valence-corrected chi connectivity index (χ2v) is 6.12. The lowest BCUT2D eigenvalue weighted by atomic mass is 9.99. The van der Waals surface area contributed by atoms with E-state index in [1.54, 1.807) is 36.0 Å². The summed E-state index contributed by atoms with van der Waals surface area (Å²) in [5.74, 6) is 0.601. The number of carbonyl (C=O) groups is 1. The van der Waals surface area contributed by atoms with Crippen LogP contribution in [0.15, 0.2) is 30.6 Å². The largest absolute Gasteiger partial charge is 0.353 e. The molecule has 1 N–H and O–H groups in total. The van der Waals surface area contributed by atoms with Crippen molar-refractivity contribution >= 4 is 40.2 Å². The summed E-state index contributed by atoms with van der Waals surface area (Å²) in [4.78, 5) is 22.7. The first kappa shape index (κ1) is 14.8. The molecule has 0 bridgehead atoms. The first-order chi connectivity index (χ1) is 11.6. The zero-order valence-electron chi connectivity index (χ0n) is 12.8. The van der Waals surface area contributed by atoms with Crippen LogP contribution in [0.25, 0.3) is 11.2 Å². The van der Waals surface area contributed by atoms with Crippen LogP contribution in [0.1, 0.15) is 0 Å². The fraction of sp³-hybridized carbons (Fsp3) is 0.267. The SMILES string of the molecule is Cn1nnc2c(N3CC(C(=O)Nc4ccc(Cl)cc4)C3)ncnc21. The molecule has 1 aliphatic heterocycles. The minimum absolute atomic E-state index is 0.0157. The van der Waals surface area contributed by atoms with Crippen LogP contribution >= 0.6 is 11.6 Å². The number of benzene rings is 1. The number of anilines is 2. The van der Waals surface area contributed by atoms with Gasteiger partial charge in [0.05, 0.1) is 5.92 Å². The van der Waals surface area contributed by atoms with Gasteiger partial charge in [-0.1, -0.05) is 16.8 Å². The van der Waals surface area contributed by atoms with Gasteiger partial charge >= 0.3 is 0 Å². The van der Waals surface area contributed by atoms with Gasteiger partial charge < -0.3 is 10.2 Å². The Labute approximate surface area is 142 Å². The molecule has 1 fully saturated rings. The minimum atomic E-state index is -0.0950. The highest BCUT2D eigenvalue weighted by atomic mass is 35.5. The van der Waals surface area contributed by atoms with E-state index in [0.717, 1.165) is 5.69 Å². The van der Waals surface area contributed by atoms with E-state index in [4.69, 9.17) is 11.6 Å². The number of amides is 1. The maximum absolute atomic E-state index is 12.3. The Bertz CT molecular complexity index is 902. The van der Waals surface area contributed by atoms with Crippen molar-refractivity contribution in [2.75, 3.05) is 23.3 Å². The Morgan fingerprint density at radius 2 is 2.00 bits per heavy atom. The predicted molar refractivity (Wildman–Crippen MR) is 89.9 cm³/mol. The Balaban J connectivity index is 1.44. The van der Waals surface area contributed by atoms with E-state index in [9.17, 15) is 4.79 Å². The summed E-state index contributed by atoms with van der Waals surface area (Å²) >= 11 is 5.84. The van der Waals surface area contributed by atoms with Gasteiger partial charge in [-0.15, -0.1) is 5.10 Å². The average molecular weight is 344 g/mol. The number of hydrogen-bond acceptors (Lipinski definition) is 6. The lowest BCUT2D eigenvalue weighted by Gasteiger charge is -2.38. The number of rotatable bonds is 3. The fourth-order valence-corrected chi connectivity index (χ4v) is 2.79. The number of fused-ring (bicyclic) bond motifs is 1. The van der Waals surface area contributed by atoms with Gasteiger partial charge in [-0.3, -0.25) is 4.79 Å². The Kier molecular flexibility index (Phi) is 3.53. The lowest BCUT2D eigenvalue weighted by molar-refractivity contribution is -0.120. The summed E-state index contributed by atoms with van der Waals surface area (Å²) in [7, 11) is 1.78. The highest BCUT2D eigenvalue weighted by Crippen LogP contribution is 2.28. The van der Waals surface area contributed by atoms with Gasteiger partial charge in [-0.25, -0.2) is 14.6 Å². The first-order valence-electron chi connectivity index (χ1n) is 7.43. The van der Waals surface area contributed by atoms with Gasteiger partial charge in [-0.05, 0) is 24.3 Å². The molecule has 2 aromatic heterocycles. The van der Waals surface area contributed by atoms with Crippen LogP contribution in [0.4, 0.5) is 11.5 Å². The van der Waals surface area contributed by atoms with Crippen molar-refractivity contribution in [3.8, 4) is 0 Å². The number of nitrogens with one attached hydrogen (secondary N) is 1. The molecule has 1 saturated heterocycles. The summed E-state index contributed by atoms with van der Waals surface area (Å²) < 4.78 is 1.60. The molecule has 1 amide bonds. The van der Waals surface area contributed by atoms with Crippen molar-refractivity contribution in [3.05, 3.63) is 35.6 Å². The average Bonchev–Trinajstić information content (AvgIpc) is 2.91. The molecule has 0 spiro atoms. The summed E-state index contributed by atoms with van der Waals surface area (Å²) in [6.45, 7) is 1.17. The van der Waals surface area contributed by atoms with Crippen LogP contribution in [-0.2, 0) is 11.8 Å². The highest BCUT2D eigenvalue weighted by Gasteiger charge is 2.35. The Morgan fingerprint density at radius 1 is 1.25 bits per heavy atom. The maximum atomic E-state index is 12.3. The minimum Gasteiger partial charge on any atom is -0.353 e. The molecule has 0 unspecified atom stereocenters. The summed E-state index contributed by atoms with van der Waals surface area (Å²) in [5, 5.41) is 11.6. The van der Waals surface area contributed by atoms with E-state index < -0.39 is 0 Å². The molecule has 4 rings (SSSR count). The summed E-state index contributed by atoms with van der Waals surface area (Å²) in [5.41, 5.74) is 2.06. The lowest BCUT2D eigenvalue weighted by Crippen LogP contribution is -2.52. The second-order valence-electron chi connectivity index (χ2n) is 5.68. The van der Waals surface area contributed by atoms with Gasteiger partial charge in [0.1, 0.15) is 6.33 Å². The molecule has 0 radical (unpaired) electrons. The van der Waals surface area contributed by atoms with Crippen molar-refractivity contribution in [2.24, 2.45) is 13.0 Å². The molecule has 9 heteroatoms. The molecule has 3 aromatic rings. The van der Waals surface area contributed by atoms with E-state index in [2.05, 4.69) is 25.6 Å². The van der Waals surface area contributed by atoms with Gasteiger partial charge in [0, 0.05) is 30.8 Å². The maximum Gasteiger partial charge on any atom is 0.231 e. The van der Waals surface area contributed by atoms with E-state index in [-0.39, 0.29) is 11.8 Å². The van der Waals surface area contributed by atoms with E-state index in [0.29, 0.717) is 35.1 Å². The second kappa shape index (κ2) is 5.72. The van der Waals surface area contributed by atoms with Gasteiger partial charge in [0.2, 0.25) is 5.91 Å². The van der Waals surface area contributed by atoms with Gasteiger partial charge in [0.25, 0.3) is 0 Å². The Hall–Kier alpha value is -2.74. The molecule has 3 heterocycles. The van der Waals surface area contributed by atoms with Crippen LogP contribution in [-0.4, -0.2) is 44.0 Å². The molecule has 0 saturated carbocycles. The quantitative estimate of drug-likeness (QED) is 0.775. The van der Waals surface area contributed by atoms with Crippen LogP contribution < -0.4 is 10.2 Å². The van der Waals surface area contributed by atoms with Gasteiger partial charge in [-0.2, -0.15) is 0 Å². The zero-order chi connectivity index (χ0) is 16.7. The molecule has 122 valence electrons. The highest BCUT2D eigenvalue weighted by molar-refractivity contribution is 6.30. The Morgan fingerprint density at radius 3 is 2.75 bits per heavy atom. The topological polar surface area (TPSA) is 88.8 Å². The molecule has 0 atom stereocenters. The van der Waals surface area contributed by atoms with Crippen molar-refractivity contribution < 1.29 is 4.79 Å². The number of aryl methyl sites for hydroxylation is 1. The van der Waals surface area contributed by atoms with Crippen molar-refractivity contribution in [1.29, 1.82) is 0 Å². The number of aromatic nitrogens is 5. The van der Waals surface area contributed by atoms with Crippen molar-refractivity contribution in [3.63, 3.8) is 0 Å². The number of nitrogens with zero attached hydrogens (tertiary/aromatic N) is 6. The van der Waals surface area contributed by atoms with E-state index in [1.165, 1.54) is 6.33 Å². The number of hydrogen-bond donors (Lipinski definition) is 1. The van der Waals surface area contributed by atoms with Crippen molar-refractivity contribution in [2.45, 2.75) is 0 Å². The fourth-order valence-electron chi connectivity index (χ4n) is 2.67. The number of carbonyl (C=O) groups excluding carboxylic acids is 1. The molecule has 24 heavy (non-hydrogen) atoms. The molecule has 8 nitrogen and oxygen atoms in total. The third-order valence-corrected chi connectivity index (χ3v) is 4.28. The van der Waals surface area contributed by atoms with Crippen LogP contribution in [0.2, 0.25) is 5.02 Å². The van der Waals surface area contributed by atoms with Crippen molar-refractivity contribution in [1.82, 2.24) is 25.0 Å². The summed E-state index contributed by atoms with van der Waals surface area (Å²) in [6.07, 6.45) is 1.49. The normalized spacial score (nSPS) is 14.7. The smallest absolute Gasteiger partial charge is 0.231 e. The monoisotopic (exact) mass is 343 g/mol. The zero-order valence-corrected chi connectivity index (χ0v) is 13.6. The van der Waals surface area contributed by atoms with E-state index >= 15 is 0 Å². The van der Waals surface area contributed by atoms with Crippen LogP contribution in [0.5, 0.6) is 0 Å². The van der Waals surface area contributed by atoms with Crippen LogP contribution in [0.3, 0.4) is 0 Å². The van der Waals surface area contributed by atoms with Gasteiger partial charge in [0.15, 0.2) is 17.0 Å². The number of halogens is 1. The molecule has 1 aliphatic rings. The summed E-state index contributed by atoms with van der Waals surface area (Å²) in [6, 6.07) is 7.06. The standard InChI is InChI=1S/C15H14ClN7O/c1-22-13-12(20-21-22)14(18-8-17-13)23-6-9(7-23)15(24)19-11-4-2-10(16)3-5-11/h2-5,8-9H,6-7H2,1H3,(H,19,24). The molecular formula is C15H14ClN7O. The van der Waals surface area contributed by atoms with E-state index in [1.807, 2.05) is 4.90 Å². The predicted octanol–water partition coefficient (Wildman–Crippen LogP) is 1.49. The molecular weight excluding hydrogens is 330 g/mol. The molecule has 0 aliphatic carbocycles. The first-order valence-corrected chi connectivity index (χ1v) is 7.81. The third-order valence-electron chi connectivity index (χ3n) is 4.03.